The van der Waals surface area contributed by atoms with Crippen molar-refractivity contribution in [2.75, 3.05) is 32.7 Å². The van der Waals surface area contributed by atoms with Gasteiger partial charge in [0.15, 0.2) is 5.96 Å². The van der Waals surface area contributed by atoms with Crippen molar-refractivity contribution < 1.29 is 0 Å². The van der Waals surface area contributed by atoms with Crippen molar-refractivity contribution in [2.24, 2.45) is 10.9 Å². The quantitative estimate of drug-likeness (QED) is 0.350. The van der Waals surface area contributed by atoms with E-state index < -0.39 is 0 Å². The fourth-order valence-corrected chi connectivity index (χ4v) is 3.82. The lowest BCUT2D eigenvalue weighted by molar-refractivity contribution is 0.287. The molecule has 1 fully saturated rings. The second-order valence-corrected chi connectivity index (χ2v) is 7.66. The number of rotatable bonds is 8. The number of aryl methyl sites for hydroxylation is 1. The molecule has 0 amide bonds. The van der Waals surface area contributed by atoms with Crippen LogP contribution in [-0.4, -0.2) is 43.6 Å². The molecule has 4 nitrogen and oxygen atoms in total. The summed E-state index contributed by atoms with van der Waals surface area (Å²) in [5, 5.41) is 6.85. The zero-order valence-electron chi connectivity index (χ0n) is 15.3. The van der Waals surface area contributed by atoms with Gasteiger partial charge < -0.3 is 15.5 Å². The second-order valence-electron chi connectivity index (χ2n) is 6.41. The number of likely N-dealkylation sites (tertiary alicyclic amines) is 1. The van der Waals surface area contributed by atoms with Crippen LogP contribution in [0.15, 0.2) is 17.1 Å². The molecule has 1 atom stereocenters. The van der Waals surface area contributed by atoms with Gasteiger partial charge in [-0.1, -0.05) is 13.8 Å². The average Bonchev–Trinajstić information content (AvgIpc) is 3.21. The molecule has 0 spiro atoms. The molecule has 24 heavy (non-hydrogen) atoms. The van der Waals surface area contributed by atoms with E-state index in [0.29, 0.717) is 5.92 Å². The van der Waals surface area contributed by atoms with Crippen molar-refractivity contribution in [1.29, 1.82) is 0 Å². The highest BCUT2D eigenvalue weighted by atomic mass is 127. The molecule has 0 bridgehead atoms. The van der Waals surface area contributed by atoms with Gasteiger partial charge in [-0.2, -0.15) is 0 Å². The predicted molar refractivity (Wildman–Crippen MR) is 117 cm³/mol. The van der Waals surface area contributed by atoms with Gasteiger partial charge in [-0.25, -0.2) is 4.99 Å². The Balaban J connectivity index is 0.00000288. The first-order chi connectivity index (χ1) is 11.2. The molecule has 1 aliphatic rings. The molecule has 1 unspecified atom stereocenters. The van der Waals surface area contributed by atoms with Crippen molar-refractivity contribution in [3.8, 4) is 0 Å². The van der Waals surface area contributed by atoms with Gasteiger partial charge in [0.2, 0.25) is 0 Å². The third-order valence-electron chi connectivity index (χ3n) is 4.19. The molecule has 2 rings (SSSR count). The maximum atomic E-state index is 4.73. The number of nitrogens with one attached hydrogen (secondary N) is 2. The van der Waals surface area contributed by atoms with Gasteiger partial charge in [-0.3, -0.25) is 0 Å². The van der Waals surface area contributed by atoms with E-state index in [1.165, 1.54) is 42.2 Å². The van der Waals surface area contributed by atoms with Crippen molar-refractivity contribution in [1.82, 2.24) is 15.5 Å². The van der Waals surface area contributed by atoms with Crippen LogP contribution in [0.1, 0.15) is 43.4 Å². The fourth-order valence-electron chi connectivity index (χ4n) is 2.94. The summed E-state index contributed by atoms with van der Waals surface area (Å²) in [5.41, 5.74) is 0. The molecule has 1 saturated heterocycles. The first kappa shape index (κ1) is 21.7. The topological polar surface area (TPSA) is 39.7 Å². The van der Waals surface area contributed by atoms with Crippen LogP contribution in [0.25, 0.3) is 0 Å². The summed E-state index contributed by atoms with van der Waals surface area (Å²) >= 11 is 1.87. The zero-order valence-corrected chi connectivity index (χ0v) is 18.5. The molecule has 6 heteroatoms. The number of nitrogens with zero attached hydrogens (tertiary/aromatic N) is 2. The van der Waals surface area contributed by atoms with E-state index in [-0.39, 0.29) is 24.0 Å². The van der Waals surface area contributed by atoms with Crippen molar-refractivity contribution in [3.63, 3.8) is 0 Å². The molecule has 0 radical (unpaired) electrons. The summed E-state index contributed by atoms with van der Waals surface area (Å²) in [5.74, 6) is 1.58. The SMILES string of the molecule is CCNC(=NCc1ccc(CC)s1)NCC(C)CN1CCCC1.I. The lowest BCUT2D eigenvalue weighted by Crippen LogP contribution is -2.41. The van der Waals surface area contributed by atoms with Gasteiger partial charge >= 0.3 is 0 Å². The molecule has 2 heterocycles. The maximum absolute atomic E-state index is 4.73. The number of hydrogen-bond acceptors (Lipinski definition) is 3. The summed E-state index contributed by atoms with van der Waals surface area (Å²) in [6, 6.07) is 4.42. The molecule has 0 aromatic carbocycles. The molecule has 138 valence electrons. The lowest BCUT2D eigenvalue weighted by atomic mass is 10.1. The number of guanidine groups is 1. The Labute approximate surface area is 168 Å². The molecule has 2 N–H and O–H groups in total. The van der Waals surface area contributed by atoms with E-state index in [4.69, 9.17) is 4.99 Å². The van der Waals surface area contributed by atoms with Crippen LogP contribution in [0.4, 0.5) is 0 Å². The van der Waals surface area contributed by atoms with Crippen LogP contribution < -0.4 is 10.6 Å². The van der Waals surface area contributed by atoms with E-state index >= 15 is 0 Å². The predicted octanol–water partition coefficient (Wildman–Crippen LogP) is 3.72. The minimum atomic E-state index is 0. The number of halogens is 1. The van der Waals surface area contributed by atoms with Gasteiger partial charge in [0.25, 0.3) is 0 Å². The monoisotopic (exact) mass is 464 g/mol. The highest BCUT2D eigenvalue weighted by Crippen LogP contribution is 2.17. The Morgan fingerprint density at radius 1 is 1.21 bits per heavy atom. The van der Waals surface area contributed by atoms with E-state index in [2.05, 4.69) is 48.4 Å². The first-order valence-electron chi connectivity index (χ1n) is 9.03. The number of hydrogen-bond donors (Lipinski definition) is 2. The van der Waals surface area contributed by atoms with Gasteiger partial charge in [0.05, 0.1) is 6.54 Å². The molecular formula is C18H33IN4S. The zero-order chi connectivity index (χ0) is 16.5. The maximum Gasteiger partial charge on any atom is 0.191 e. The highest BCUT2D eigenvalue weighted by Gasteiger charge is 2.14. The van der Waals surface area contributed by atoms with Crippen molar-refractivity contribution in [3.05, 3.63) is 21.9 Å². The third kappa shape index (κ3) is 7.70. The highest BCUT2D eigenvalue weighted by molar-refractivity contribution is 14.0. The first-order valence-corrected chi connectivity index (χ1v) is 9.85. The minimum absolute atomic E-state index is 0. The minimum Gasteiger partial charge on any atom is -0.357 e. The summed E-state index contributed by atoms with van der Waals surface area (Å²) in [6.07, 6.45) is 3.84. The van der Waals surface area contributed by atoms with Crippen LogP contribution in [0.5, 0.6) is 0 Å². The van der Waals surface area contributed by atoms with Gasteiger partial charge in [0, 0.05) is 29.4 Å². The number of aliphatic imine (C=N–C) groups is 1. The molecule has 0 aliphatic carbocycles. The molecule has 1 aromatic heterocycles. The van der Waals surface area contributed by atoms with E-state index in [9.17, 15) is 0 Å². The van der Waals surface area contributed by atoms with Crippen LogP contribution in [0, 0.1) is 5.92 Å². The number of thiophene rings is 1. The van der Waals surface area contributed by atoms with Crippen LogP contribution in [-0.2, 0) is 13.0 Å². The standard InChI is InChI=1S/C18H32N4S.HI/c1-4-16-8-9-17(23-16)13-21-18(19-5-2)20-12-15(3)14-22-10-6-7-11-22;/h8-9,15H,4-7,10-14H2,1-3H3,(H2,19,20,21);1H. The van der Waals surface area contributed by atoms with Crippen molar-refractivity contribution in [2.45, 2.75) is 46.6 Å². The Kier molecular flexibility index (Phi) is 10.9. The molecule has 1 aromatic rings. The molecule has 1 aliphatic heterocycles. The summed E-state index contributed by atoms with van der Waals surface area (Å²) in [6.45, 7) is 13.0. The van der Waals surface area contributed by atoms with Gasteiger partial charge in [-0.15, -0.1) is 35.3 Å². The second kappa shape index (κ2) is 12.1. The summed E-state index contributed by atoms with van der Waals surface area (Å²) in [7, 11) is 0. The van der Waals surface area contributed by atoms with Crippen molar-refractivity contribution >= 4 is 41.3 Å². The van der Waals surface area contributed by atoms with Crippen LogP contribution in [0.3, 0.4) is 0 Å². The van der Waals surface area contributed by atoms with Gasteiger partial charge in [0.1, 0.15) is 0 Å². The van der Waals surface area contributed by atoms with E-state index in [1.807, 2.05) is 11.3 Å². The van der Waals surface area contributed by atoms with Gasteiger partial charge in [-0.05, 0) is 57.3 Å². The van der Waals surface area contributed by atoms with E-state index in [1.54, 1.807) is 0 Å². The Morgan fingerprint density at radius 3 is 2.54 bits per heavy atom. The molecular weight excluding hydrogens is 431 g/mol. The fraction of sp³-hybridized carbons (Fsp3) is 0.722. The molecule has 0 saturated carbocycles. The summed E-state index contributed by atoms with van der Waals surface area (Å²) in [4.78, 5) is 10.1. The summed E-state index contributed by atoms with van der Waals surface area (Å²) < 4.78 is 0. The lowest BCUT2D eigenvalue weighted by Gasteiger charge is -2.21. The smallest absolute Gasteiger partial charge is 0.191 e. The van der Waals surface area contributed by atoms with Crippen LogP contribution in [0.2, 0.25) is 0 Å². The third-order valence-corrected chi connectivity index (χ3v) is 5.40. The van der Waals surface area contributed by atoms with E-state index in [0.717, 1.165) is 32.0 Å². The van der Waals surface area contributed by atoms with Crippen LogP contribution >= 0.6 is 35.3 Å². The average molecular weight is 464 g/mol. The Bertz CT molecular complexity index is 483. The normalized spacial score (nSPS) is 16.7. The largest absolute Gasteiger partial charge is 0.357 e. The Hall–Kier alpha value is -0.340. The Morgan fingerprint density at radius 2 is 1.92 bits per heavy atom.